The first kappa shape index (κ1) is 14.6. The molecule has 0 amide bonds. The average molecular weight is 307 g/mol. The zero-order chi connectivity index (χ0) is 15.2. The van der Waals surface area contributed by atoms with Crippen LogP contribution in [0, 0.1) is 18.3 Å². The number of nitriles is 1. The molecule has 2 saturated heterocycles. The number of rotatable bonds is 2. The van der Waals surface area contributed by atoms with Crippen molar-refractivity contribution in [3.8, 4) is 6.07 Å². The van der Waals surface area contributed by atoms with Crippen LogP contribution >= 0.6 is 11.6 Å². The van der Waals surface area contributed by atoms with Crippen LogP contribution in [0.25, 0.3) is 0 Å². The lowest BCUT2D eigenvalue weighted by atomic mass is 9.86. The van der Waals surface area contributed by atoms with Crippen molar-refractivity contribution in [2.45, 2.75) is 50.3 Å². The predicted octanol–water partition coefficient (Wildman–Crippen LogP) is 2.37. The fraction of sp³-hybridized carbons (Fsp3) is 0.562. The van der Waals surface area contributed by atoms with E-state index in [-0.39, 0.29) is 18.7 Å². The molecule has 2 aliphatic rings. The van der Waals surface area contributed by atoms with E-state index >= 15 is 0 Å². The van der Waals surface area contributed by atoms with Gasteiger partial charge in [0.1, 0.15) is 6.07 Å². The third kappa shape index (κ3) is 2.30. The fourth-order valence-corrected chi connectivity index (χ4v) is 4.09. The van der Waals surface area contributed by atoms with Crippen LogP contribution in [-0.4, -0.2) is 34.5 Å². The molecule has 3 atom stereocenters. The van der Waals surface area contributed by atoms with Gasteiger partial charge in [0.15, 0.2) is 0 Å². The maximum absolute atomic E-state index is 10.4. The lowest BCUT2D eigenvalue weighted by molar-refractivity contribution is -0.0436. The molecule has 112 valence electrons. The van der Waals surface area contributed by atoms with Gasteiger partial charge in [0.2, 0.25) is 0 Å². The first-order valence-corrected chi connectivity index (χ1v) is 7.67. The number of nitrogens with zero attached hydrogens (tertiary/aromatic N) is 2. The van der Waals surface area contributed by atoms with E-state index in [1.165, 1.54) is 0 Å². The van der Waals surface area contributed by atoms with Crippen LogP contribution < -0.4 is 4.90 Å². The summed E-state index contributed by atoms with van der Waals surface area (Å²) in [5.74, 6) is 0. The van der Waals surface area contributed by atoms with Crippen molar-refractivity contribution < 1.29 is 10.2 Å². The molecule has 1 aromatic carbocycles. The zero-order valence-corrected chi connectivity index (χ0v) is 12.8. The molecule has 21 heavy (non-hydrogen) atoms. The monoisotopic (exact) mass is 306 g/mol. The summed E-state index contributed by atoms with van der Waals surface area (Å²) in [5.41, 5.74) is 1.51. The van der Waals surface area contributed by atoms with Crippen LogP contribution in [0.5, 0.6) is 0 Å². The summed E-state index contributed by atoms with van der Waals surface area (Å²) < 4.78 is 0. The Morgan fingerprint density at radius 1 is 1.38 bits per heavy atom. The Balaban J connectivity index is 1.97. The molecule has 3 rings (SSSR count). The van der Waals surface area contributed by atoms with Gasteiger partial charge in [-0.1, -0.05) is 11.6 Å². The summed E-state index contributed by atoms with van der Waals surface area (Å²) in [6.07, 6.45) is 3.20. The molecule has 2 bridgehead atoms. The Hall–Kier alpha value is -1.28. The van der Waals surface area contributed by atoms with Crippen molar-refractivity contribution in [1.82, 2.24) is 0 Å². The molecule has 4 nitrogen and oxygen atoms in total. The molecule has 0 radical (unpaired) electrons. The molecule has 1 unspecified atom stereocenters. The number of halogens is 1. The van der Waals surface area contributed by atoms with E-state index in [9.17, 15) is 10.2 Å². The normalized spacial score (nSPS) is 31.3. The van der Waals surface area contributed by atoms with Gasteiger partial charge in [0, 0.05) is 17.8 Å². The minimum Gasteiger partial charge on any atom is -0.393 e. The van der Waals surface area contributed by atoms with Crippen LogP contribution in [0.2, 0.25) is 5.02 Å². The minimum atomic E-state index is -0.952. The summed E-state index contributed by atoms with van der Waals surface area (Å²) in [6, 6.07) is 6.27. The van der Waals surface area contributed by atoms with Crippen LogP contribution in [-0.2, 0) is 0 Å². The first-order chi connectivity index (χ1) is 9.99. The van der Waals surface area contributed by atoms with Crippen molar-refractivity contribution >= 4 is 17.3 Å². The lowest BCUT2D eigenvalue weighted by Crippen LogP contribution is -2.53. The number of aliphatic hydroxyl groups excluding tert-OH is 1. The SMILES string of the molecule is Cc1c(N2[C@@H]3CC[C@H]2CC(O)(CO)C3)ccc(C#N)c1Cl. The van der Waals surface area contributed by atoms with Gasteiger partial charge in [-0.3, -0.25) is 0 Å². The molecule has 0 saturated carbocycles. The number of aliphatic hydroxyl groups is 2. The molecule has 2 N–H and O–H groups in total. The van der Waals surface area contributed by atoms with E-state index < -0.39 is 5.60 Å². The molecule has 0 aromatic heterocycles. The lowest BCUT2D eigenvalue weighted by Gasteiger charge is -2.45. The van der Waals surface area contributed by atoms with E-state index in [0.29, 0.717) is 23.4 Å². The Labute approximate surface area is 129 Å². The van der Waals surface area contributed by atoms with Crippen LogP contribution in [0.4, 0.5) is 5.69 Å². The van der Waals surface area contributed by atoms with Crippen LogP contribution in [0.15, 0.2) is 12.1 Å². The van der Waals surface area contributed by atoms with E-state index in [4.69, 9.17) is 16.9 Å². The number of hydrogen-bond acceptors (Lipinski definition) is 4. The zero-order valence-electron chi connectivity index (χ0n) is 12.0. The second-order valence-electron chi connectivity index (χ2n) is 6.27. The number of hydrogen-bond donors (Lipinski definition) is 2. The average Bonchev–Trinajstić information content (AvgIpc) is 2.74. The highest BCUT2D eigenvalue weighted by Gasteiger charge is 2.47. The van der Waals surface area contributed by atoms with Crippen molar-refractivity contribution in [2.24, 2.45) is 0 Å². The van der Waals surface area contributed by atoms with Gasteiger partial charge < -0.3 is 15.1 Å². The largest absolute Gasteiger partial charge is 0.393 e. The molecule has 5 heteroatoms. The van der Waals surface area contributed by atoms with E-state index in [2.05, 4.69) is 11.0 Å². The second-order valence-corrected chi connectivity index (χ2v) is 6.64. The molecule has 2 fully saturated rings. The standard InChI is InChI=1S/C16H19ClN2O2/c1-10-14(5-2-11(8-18)15(10)17)19-12-3-4-13(19)7-16(21,6-12)9-20/h2,5,12-13,20-21H,3-4,6-7,9H2,1H3/t12-,13+,16?. The third-order valence-electron chi connectivity index (χ3n) is 4.90. The van der Waals surface area contributed by atoms with Crippen molar-refractivity contribution in [1.29, 1.82) is 5.26 Å². The predicted molar refractivity (Wildman–Crippen MR) is 81.5 cm³/mol. The Bertz CT molecular complexity index is 597. The molecular weight excluding hydrogens is 288 g/mol. The number of fused-ring (bicyclic) bond motifs is 2. The molecule has 1 aromatic rings. The van der Waals surface area contributed by atoms with Crippen molar-refractivity contribution in [2.75, 3.05) is 11.5 Å². The maximum atomic E-state index is 10.4. The van der Waals surface area contributed by atoms with E-state index in [0.717, 1.165) is 24.1 Å². The molecule has 0 spiro atoms. The fourth-order valence-electron chi connectivity index (χ4n) is 3.89. The van der Waals surface area contributed by atoms with Gasteiger partial charge in [-0.25, -0.2) is 0 Å². The smallest absolute Gasteiger partial charge is 0.101 e. The maximum Gasteiger partial charge on any atom is 0.101 e. The van der Waals surface area contributed by atoms with Gasteiger partial charge >= 0.3 is 0 Å². The van der Waals surface area contributed by atoms with E-state index in [1.807, 2.05) is 13.0 Å². The summed E-state index contributed by atoms with van der Waals surface area (Å²) >= 11 is 6.28. The highest BCUT2D eigenvalue weighted by atomic mass is 35.5. The molecule has 0 aliphatic carbocycles. The first-order valence-electron chi connectivity index (χ1n) is 7.30. The Morgan fingerprint density at radius 3 is 2.52 bits per heavy atom. The third-order valence-corrected chi connectivity index (χ3v) is 5.39. The minimum absolute atomic E-state index is 0.180. The van der Waals surface area contributed by atoms with Crippen molar-refractivity contribution in [3.63, 3.8) is 0 Å². The Morgan fingerprint density at radius 2 is 2.00 bits per heavy atom. The second kappa shape index (κ2) is 5.17. The van der Waals surface area contributed by atoms with E-state index in [1.54, 1.807) is 6.07 Å². The summed E-state index contributed by atoms with van der Waals surface area (Å²) in [6.45, 7) is 1.76. The van der Waals surface area contributed by atoms with Gasteiger partial charge in [0.25, 0.3) is 0 Å². The highest BCUT2D eigenvalue weighted by Crippen LogP contribution is 2.45. The Kier molecular flexibility index (Phi) is 3.61. The molecule has 2 heterocycles. The summed E-state index contributed by atoms with van der Waals surface area (Å²) in [7, 11) is 0. The summed E-state index contributed by atoms with van der Waals surface area (Å²) in [5, 5.41) is 29.4. The van der Waals surface area contributed by atoms with Gasteiger partial charge in [0.05, 0.1) is 22.8 Å². The van der Waals surface area contributed by atoms with Gasteiger partial charge in [-0.2, -0.15) is 5.26 Å². The highest BCUT2D eigenvalue weighted by molar-refractivity contribution is 6.32. The van der Waals surface area contributed by atoms with Gasteiger partial charge in [-0.15, -0.1) is 0 Å². The van der Waals surface area contributed by atoms with Crippen molar-refractivity contribution in [3.05, 3.63) is 28.3 Å². The number of benzene rings is 1. The summed E-state index contributed by atoms with van der Waals surface area (Å²) in [4.78, 5) is 2.33. The van der Waals surface area contributed by atoms with Gasteiger partial charge in [-0.05, 0) is 50.3 Å². The quantitative estimate of drug-likeness (QED) is 0.880. The van der Waals surface area contributed by atoms with Crippen LogP contribution in [0.3, 0.4) is 0 Å². The number of piperidine rings is 1. The number of anilines is 1. The topological polar surface area (TPSA) is 67.5 Å². The molecule has 2 aliphatic heterocycles. The van der Waals surface area contributed by atoms with Crippen LogP contribution in [0.1, 0.15) is 36.8 Å². The molecular formula is C16H19ClN2O2.